The lowest BCUT2D eigenvalue weighted by Crippen LogP contribution is -2.05. The van der Waals surface area contributed by atoms with Crippen LogP contribution in [0.3, 0.4) is 0 Å². The topological polar surface area (TPSA) is 0 Å². The van der Waals surface area contributed by atoms with E-state index in [-0.39, 0.29) is 0 Å². The van der Waals surface area contributed by atoms with Crippen molar-refractivity contribution in [3.63, 3.8) is 0 Å². The first-order chi connectivity index (χ1) is 14.3. The lowest BCUT2D eigenvalue weighted by molar-refractivity contribution is 0.423. The van der Waals surface area contributed by atoms with E-state index < -0.39 is 0 Å². The van der Waals surface area contributed by atoms with Crippen LogP contribution in [0, 0.1) is 5.92 Å². The van der Waals surface area contributed by atoms with Gasteiger partial charge in [0.25, 0.3) is 0 Å². The maximum atomic E-state index is 2.53. The Kier molecular flexibility index (Phi) is 9.06. The second-order valence-corrected chi connectivity index (χ2v) is 8.95. The Morgan fingerprint density at radius 3 is 1.93 bits per heavy atom. The van der Waals surface area contributed by atoms with Gasteiger partial charge in [0.15, 0.2) is 0 Å². The molecule has 0 heteroatoms. The van der Waals surface area contributed by atoms with Crippen molar-refractivity contribution in [2.24, 2.45) is 5.92 Å². The molecule has 1 aliphatic rings. The van der Waals surface area contributed by atoms with Crippen molar-refractivity contribution in [3.8, 4) is 11.1 Å². The second kappa shape index (κ2) is 12.0. The van der Waals surface area contributed by atoms with Gasteiger partial charge in [-0.3, -0.25) is 0 Å². The predicted molar refractivity (Wildman–Crippen MR) is 129 cm³/mol. The summed E-state index contributed by atoms with van der Waals surface area (Å²) in [6.07, 6.45) is 18.8. The third-order valence-corrected chi connectivity index (χ3v) is 6.57. The smallest absolute Gasteiger partial charge is 0.0184 e. The van der Waals surface area contributed by atoms with E-state index >= 15 is 0 Å². The van der Waals surface area contributed by atoms with Crippen molar-refractivity contribution in [2.45, 2.75) is 90.9 Å². The van der Waals surface area contributed by atoms with E-state index in [1.807, 2.05) is 0 Å². The summed E-state index contributed by atoms with van der Waals surface area (Å²) in [6.45, 7) is 4.54. The minimum Gasteiger partial charge on any atom is -0.0804 e. The monoisotopic (exact) mass is 388 g/mol. The molecule has 0 aliphatic heterocycles. The maximum Gasteiger partial charge on any atom is -0.0184 e. The molecular weight excluding hydrogens is 348 g/mol. The number of aryl methyl sites for hydroxylation is 1. The standard InChI is InChI=1S/C29H40/c1-3-5-6-7-8-9-11-25-14-18-27(19-15-25)29-22-20-28(21-23-29)26-16-12-24(10-4-2)13-17-26/h12-13,16-18,20-23,25H,3-11,14-15,19H2,1-2H3. The van der Waals surface area contributed by atoms with Gasteiger partial charge in [-0.25, -0.2) is 0 Å². The fourth-order valence-corrected chi connectivity index (χ4v) is 4.66. The van der Waals surface area contributed by atoms with Crippen LogP contribution in [0.5, 0.6) is 0 Å². The normalized spacial score (nSPS) is 16.6. The second-order valence-electron chi connectivity index (χ2n) is 8.95. The van der Waals surface area contributed by atoms with Crippen LogP contribution in [0.1, 0.15) is 95.6 Å². The number of unbranched alkanes of at least 4 members (excludes halogenated alkanes) is 5. The van der Waals surface area contributed by atoms with Crippen molar-refractivity contribution in [1.29, 1.82) is 0 Å². The molecule has 2 aromatic carbocycles. The highest BCUT2D eigenvalue weighted by molar-refractivity contribution is 5.71. The zero-order chi connectivity index (χ0) is 20.3. The van der Waals surface area contributed by atoms with Crippen LogP contribution in [-0.4, -0.2) is 0 Å². The summed E-state index contributed by atoms with van der Waals surface area (Å²) in [5.74, 6) is 0.922. The van der Waals surface area contributed by atoms with Gasteiger partial charge in [0.2, 0.25) is 0 Å². The van der Waals surface area contributed by atoms with Crippen molar-refractivity contribution in [3.05, 3.63) is 65.7 Å². The summed E-state index contributed by atoms with van der Waals surface area (Å²) < 4.78 is 0. The molecule has 2 aromatic rings. The SMILES string of the molecule is CCCCCCCCC1CC=C(c2ccc(-c3ccc(CCC)cc3)cc2)CC1. The van der Waals surface area contributed by atoms with Crippen molar-refractivity contribution in [1.82, 2.24) is 0 Å². The summed E-state index contributed by atoms with van der Waals surface area (Å²) in [7, 11) is 0. The Labute approximate surface area is 179 Å². The molecule has 29 heavy (non-hydrogen) atoms. The largest absolute Gasteiger partial charge is 0.0804 e. The molecule has 0 fully saturated rings. The number of hydrogen-bond donors (Lipinski definition) is 0. The average Bonchev–Trinajstić information content (AvgIpc) is 2.78. The first-order valence-corrected chi connectivity index (χ1v) is 12.2. The van der Waals surface area contributed by atoms with Crippen LogP contribution >= 0.6 is 0 Å². The summed E-state index contributed by atoms with van der Waals surface area (Å²) >= 11 is 0. The van der Waals surface area contributed by atoms with Crippen LogP contribution < -0.4 is 0 Å². The lowest BCUT2D eigenvalue weighted by Gasteiger charge is -2.22. The number of hydrogen-bond acceptors (Lipinski definition) is 0. The Morgan fingerprint density at radius 1 is 0.690 bits per heavy atom. The van der Waals surface area contributed by atoms with Crippen LogP contribution in [0.4, 0.5) is 0 Å². The van der Waals surface area contributed by atoms with E-state index in [4.69, 9.17) is 0 Å². The zero-order valence-corrected chi connectivity index (χ0v) is 18.8. The van der Waals surface area contributed by atoms with Gasteiger partial charge in [-0.2, -0.15) is 0 Å². The van der Waals surface area contributed by atoms with Crippen LogP contribution in [0.25, 0.3) is 16.7 Å². The van der Waals surface area contributed by atoms with Crippen LogP contribution in [0.2, 0.25) is 0 Å². The van der Waals surface area contributed by atoms with Crippen molar-refractivity contribution in [2.75, 3.05) is 0 Å². The number of benzene rings is 2. The average molecular weight is 389 g/mol. The maximum absolute atomic E-state index is 2.53. The molecule has 1 aliphatic carbocycles. The Hall–Kier alpha value is -1.82. The minimum atomic E-state index is 0.922. The first kappa shape index (κ1) is 21.9. The Bertz CT molecular complexity index is 733. The Balaban J connectivity index is 1.48. The van der Waals surface area contributed by atoms with E-state index in [1.165, 1.54) is 99.3 Å². The highest BCUT2D eigenvalue weighted by Crippen LogP contribution is 2.33. The summed E-state index contributed by atoms with van der Waals surface area (Å²) in [6, 6.07) is 18.4. The number of rotatable bonds is 11. The molecule has 3 rings (SSSR count). The fraction of sp³-hybridized carbons (Fsp3) is 0.517. The molecule has 0 nitrogen and oxygen atoms in total. The van der Waals surface area contributed by atoms with E-state index in [0.717, 1.165) is 5.92 Å². The molecule has 156 valence electrons. The zero-order valence-electron chi connectivity index (χ0n) is 18.8. The van der Waals surface area contributed by atoms with Crippen molar-refractivity contribution < 1.29 is 0 Å². The molecular formula is C29H40. The summed E-state index contributed by atoms with van der Waals surface area (Å²) in [5, 5.41) is 0. The van der Waals surface area contributed by atoms with Gasteiger partial charge in [0.1, 0.15) is 0 Å². The lowest BCUT2D eigenvalue weighted by atomic mass is 9.83. The molecule has 1 atom stereocenters. The minimum absolute atomic E-state index is 0.922. The number of allylic oxidation sites excluding steroid dienone is 2. The molecule has 0 aromatic heterocycles. The molecule has 0 N–H and O–H groups in total. The molecule has 1 unspecified atom stereocenters. The molecule has 0 saturated carbocycles. The summed E-state index contributed by atoms with van der Waals surface area (Å²) in [4.78, 5) is 0. The van der Waals surface area contributed by atoms with Gasteiger partial charge in [-0.05, 0) is 59.4 Å². The van der Waals surface area contributed by atoms with Gasteiger partial charge in [-0.15, -0.1) is 0 Å². The third kappa shape index (κ3) is 6.88. The van der Waals surface area contributed by atoms with E-state index in [2.05, 4.69) is 68.5 Å². The van der Waals surface area contributed by atoms with Crippen molar-refractivity contribution >= 4 is 5.57 Å². The van der Waals surface area contributed by atoms with Gasteiger partial charge in [-0.1, -0.05) is 120 Å². The van der Waals surface area contributed by atoms with E-state index in [0.29, 0.717) is 0 Å². The predicted octanol–water partition coefficient (Wildman–Crippen LogP) is 9.24. The van der Waals surface area contributed by atoms with Crippen LogP contribution in [-0.2, 0) is 6.42 Å². The summed E-state index contributed by atoms with van der Waals surface area (Å²) in [5.41, 5.74) is 7.08. The van der Waals surface area contributed by atoms with Crippen LogP contribution in [0.15, 0.2) is 54.6 Å². The highest BCUT2D eigenvalue weighted by atomic mass is 14.2. The van der Waals surface area contributed by atoms with Gasteiger partial charge < -0.3 is 0 Å². The molecule has 0 saturated heterocycles. The molecule has 0 amide bonds. The molecule has 0 radical (unpaired) electrons. The fourth-order valence-electron chi connectivity index (χ4n) is 4.66. The quantitative estimate of drug-likeness (QED) is 0.336. The van der Waals surface area contributed by atoms with E-state index in [1.54, 1.807) is 5.57 Å². The Morgan fingerprint density at radius 2 is 1.31 bits per heavy atom. The molecule has 0 spiro atoms. The van der Waals surface area contributed by atoms with Gasteiger partial charge in [0, 0.05) is 0 Å². The molecule has 0 heterocycles. The van der Waals surface area contributed by atoms with E-state index in [9.17, 15) is 0 Å². The molecule has 0 bridgehead atoms. The van der Waals surface area contributed by atoms with Gasteiger partial charge >= 0.3 is 0 Å². The van der Waals surface area contributed by atoms with Gasteiger partial charge in [0.05, 0.1) is 0 Å². The third-order valence-electron chi connectivity index (χ3n) is 6.57. The first-order valence-electron chi connectivity index (χ1n) is 12.2. The highest BCUT2D eigenvalue weighted by Gasteiger charge is 2.15.